The Morgan fingerprint density at radius 3 is 2.33 bits per heavy atom. The lowest BCUT2D eigenvalue weighted by Gasteiger charge is -2.40. The van der Waals surface area contributed by atoms with E-state index in [2.05, 4.69) is 67.6 Å². The summed E-state index contributed by atoms with van der Waals surface area (Å²) in [6.45, 7) is 21.2. The maximum atomic E-state index is 10.6. The van der Waals surface area contributed by atoms with Crippen molar-refractivity contribution in [3.63, 3.8) is 0 Å². The highest BCUT2D eigenvalue weighted by atomic mass is 28.4. The first kappa shape index (κ1) is 24.2. The van der Waals surface area contributed by atoms with Gasteiger partial charge in [-0.1, -0.05) is 54.5 Å². The number of allylic oxidation sites excluding steroid dienone is 2. The predicted octanol–water partition coefficient (Wildman–Crippen LogP) is 6.23. The van der Waals surface area contributed by atoms with E-state index >= 15 is 0 Å². The molecule has 0 unspecified atom stereocenters. The highest BCUT2D eigenvalue weighted by molar-refractivity contribution is 6.74. The van der Waals surface area contributed by atoms with Crippen molar-refractivity contribution in [2.75, 3.05) is 6.61 Å². The zero-order chi connectivity index (χ0) is 22.7. The second-order valence-corrected chi connectivity index (χ2v) is 17.4. The van der Waals surface area contributed by atoms with Gasteiger partial charge in [0.15, 0.2) is 8.32 Å². The Morgan fingerprint density at radius 2 is 1.80 bits per heavy atom. The van der Waals surface area contributed by atoms with E-state index in [1.54, 1.807) is 0 Å². The summed E-state index contributed by atoms with van der Waals surface area (Å²) < 4.78 is 7.07. The van der Waals surface area contributed by atoms with Crippen molar-refractivity contribution in [1.82, 2.24) is 0 Å². The number of hydrogen-bond acceptors (Lipinski definition) is 3. The number of fused-ring (bicyclic) bond motifs is 2. The van der Waals surface area contributed by atoms with E-state index in [-0.39, 0.29) is 28.6 Å². The molecule has 3 rings (SSSR count). The fourth-order valence-corrected chi connectivity index (χ4v) is 7.47. The van der Waals surface area contributed by atoms with E-state index in [9.17, 15) is 10.2 Å². The predicted molar refractivity (Wildman–Crippen MR) is 128 cm³/mol. The molecule has 30 heavy (non-hydrogen) atoms. The quantitative estimate of drug-likeness (QED) is 0.516. The van der Waals surface area contributed by atoms with E-state index in [0.29, 0.717) is 11.8 Å². The third-order valence-electron chi connectivity index (χ3n) is 9.37. The van der Waals surface area contributed by atoms with Crippen LogP contribution >= 0.6 is 0 Å². The fraction of sp³-hybridized carbons (Fsp3) is 0.846. The molecule has 0 aliphatic heterocycles. The molecular formula is C26H46O3Si. The minimum Gasteiger partial charge on any atom is -0.410 e. The molecule has 5 atom stereocenters. The summed E-state index contributed by atoms with van der Waals surface area (Å²) in [5.41, 5.74) is 3.65. The van der Waals surface area contributed by atoms with Crippen LogP contribution in [0.4, 0.5) is 0 Å². The zero-order valence-electron chi connectivity index (χ0n) is 20.9. The van der Waals surface area contributed by atoms with Gasteiger partial charge in [0.2, 0.25) is 0 Å². The zero-order valence-corrected chi connectivity index (χ0v) is 21.9. The van der Waals surface area contributed by atoms with Gasteiger partial charge in [-0.05, 0) is 89.6 Å². The molecular weight excluding hydrogens is 388 g/mol. The summed E-state index contributed by atoms with van der Waals surface area (Å²) >= 11 is 0. The standard InChI is InChI=1S/C26H46O3Si/c1-17(2)19-15-23(29-30(8,9)24(3,4)5)21-14-20-18(16-27)22(28)10-11-25(20,6)12-13-26(19,21)7/h14,17,19,22-23,27-28H,10-13,15-16H2,1-9H3/t19-,22+,23+,25+,26-/m1/s1. The molecule has 0 bridgehead atoms. The normalized spacial score (nSPS) is 37.7. The van der Waals surface area contributed by atoms with Crippen LogP contribution in [0.3, 0.4) is 0 Å². The Balaban J connectivity index is 2.15. The van der Waals surface area contributed by atoms with Crippen molar-refractivity contribution in [1.29, 1.82) is 0 Å². The first-order valence-electron chi connectivity index (χ1n) is 12.1. The van der Waals surface area contributed by atoms with Crippen molar-refractivity contribution < 1.29 is 14.6 Å². The van der Waals surface area contributed by atoms with Crippen molar-refractivity contribution in [3.8, 4) is 0 Å². The summed E-state index contributed by atoms with van der Waals surface area (Å²) in [6.07, 6.45) is 7.15. The van der Waals surface area contributed by atoms with Gasteiger partial charge < -0.3 is 14.6 Å². The molecule has 4 heteroatoms. The second kappa shape index (κ2) is 7.86. The maximum absolute atomic E-state index is 10.6. The largest absolute Gasteiger partial charge is 0.410 e. The number of aliphatic hydroxyl groups is 2. The summed E-state index contributed by atoms with van der Waals surface area (Å²) in [6, 6.07) is 0. The van der Waals surface area contributed by atoms with Gasteiger partial charge in [-0.25, -0.2) is 0 Å². The molecule has 3 aliphatic rings. The fourth-order valence-electron chi connectivity index (χ4n) is 6.18. The van der Waals surface area contributed by atoms with Crippen LogP contribution < -0.4 is 0 Å². The highest BCUT2D eigenvalue weighted by Crippen LogP contribution is 2.61. The van der Waals surface area contributed by atoms with E-state index in [0.717, 1.165) is 37.7 Å². The maximum Gasteiger partial charge on any atom is 0.192 e. The van der Waals surface area contributed by atoms with Crippen LogP contribution in [0.2, 0.25) is 18.1 Å². The molecule has 0 heterocycles. The molecule has 0 aromatic carbocycles. The lowest BCUT2D eigenvalue weighted by molar-refractivity contribution is 0.123. The molecule has 1 saturated carbocycles. The molecule has 0 radical (unpaired) electrons. The lowest BCUT2D eigenvalue weighted by Crippen LogP contribution is -2.44. The van der Waals surface area contributed by atoms with Gasteiger partial charge in [-0.15, -0.1) is 0 Å². The molecule has 0 saturated heterocycles. The number of rotatable bonds is 4. The summed E-state index contributed by atoms with van der Waals surface area (Å²) in [7, 11) is -1.92. The molecule has 0 aromatic heterocycles. The molecule has 0 aromatic rings. The van der Waals surface area contributed by atoms with E-state index < -0.39 is 14.4 Å². The van der Waals surface area contributed by atoms with Crippen molar-refractivity contribution in [3.05, 3.63) is 22.8 Å². The molecule has 3 aliphatic carbocycles. The van der Waals surface area contributed by atoms with Crippen LogP contribution in [0.1, 0.15) is 80.6 Å². The van der Waals surface area contributed by atoms with Gasteiger partial charge >= 0.3 is 0 Å². The van der Waals surface area contributed by atoms with Crippen LogP contribution in [-0.4, -0.2) is 37.3 Å². The number of hydrogen-bond donors (Lipinski definition) is 2. The van der Waals surface area contributed by atoms with Crippen LogP contribution in [0.5, 0.6) is 0 Å². The van der Waals surface area contributed by atoms with Gasteiger partial charge in [0.05, 0.1) is 18.8 Å². The summed E-state index contributed by atoms with van der Waals surface area (Å²) in [5.74, 6) is 1.21. The Morgan fingerprint density at radius 1 is 1.17 bits per heavy atom. The van der Waals surface area contributed by atoms with Crippen LogP contribution in [0, 0.1) is 22.7 Å². The third kappa shape index (κ3) is 3.91. The molecule has 0 amide bonds. The smallest absolute Gasteiger partial charge is 0.192 e. The van der Waals surface area contributed by atoms with Gasteiger partial charge in [0, 0.05) is 0 Å². The van der Waals surface area contributed by atoms with Gasteiger partial charge in [-0.3, -0.25) is 0 Å². The first-order chi connectivity index (χ1) is 13.7. The number of aliphatic hydroxyl groups excluding tert-OH is 2. The van der Waals surface area contributed by atoms with Crippen LogP contribution in [-0.2, 0) is 4.43 Å². The second-order valence-electron chi connectivity index (χ2n) is 12.7. The molecule has 172 valence electrons. The van der Waals surface area contributed by atoms with Crippen molar-refractivity contribution >= 4 is 8.32 Å². The van der Waals surface area contributed by atoms with E-state index in [1.807, 2.05) is 0 Å². The lowest BCUT2D eigenvalue weighted by atomic mass is 9.66. The van der Waals surface area contributed by atoms with E-state index in [4.69, 9.17) is 4.43 Å². The molecule has 2 N–H and O–H groups in total. The molecule has 0 spiro atoms. The monoisotopic (exact) mass is 434 g/mol. The third-order valence-corrected chi connectivity index (χ3v) is 13.9. The molecule has 1 fully saturated rings. The average molecular weight is 435 g/mol. The van der Waals surface area contributed by atoms with Crippen molar-refractivity contribution in [2.45, 2.75) is 111 Å². The Kier molecular flexibility index (Phi) is 6.35. The Bertz CT molecular complexity index is 729. The SMILES string of the molecule is CC(C)[C@H]1C[C@H](O[Si](C)(C)C(C)(C)C)C2=CC3=C(CO)[C@@H](O)CC[C@@]3(C)CC[C@@]21C. The summed E-state index contributed by atoms with van der Waals surface area (Å²) in [4.78, 5) is 0. The van der Waals surface area contributed by atoms with Gasteiger partial charge in [0.25, 0.3) is 0 Å². The van der Waals surface area contributed by atoms with Crippen molar-refractivity contribution in [2.24, 2.45) is 22.7 Å². The first-order valence-corrected chi connectivity index (χ1v) is 15.0. The van der Waals surface area contributed by atoms with Gasteiger partial charge in [-0.2, -0.15) is 0 Å². The summed E-state index contributed by atoms with van der Waals surface area (Å²) in [5, 5.41) is 21.0. The Hall–Kier alpha value is -0.423. The topological polar surface area (TPSA) is 49.7 Å². The van der Waals surface area contributed by atoms with Gasteiger partial charge in [0.1, 0.15) is 0 Å². The average Bonchev–Trinajstić information content (AvgIpc) is 2.81. The minimum atomic E-state index is -1.92. The van der Waals surface area contributed by atoms with Crippen LogP contribution in [0.15, 0.2) is 22.8 Å². The Labute approximate surface area is 186 Å². The van der Waals surface area contributed by atoms with Crippen LogP contribution in [0.25, 0.3) is 0 Å². The molecule has 3 nitrogen and oxygen atoms in total. The minimum absolute atomic E-state index is 0.0424. The van der Waals surface area contributed by atoms with E-state index in [1.165, 1.54) is 11.1 Å². The highest BCUT2D eigenvalue weighted by Gasteiger charge is 2.54.